The van der Waals surface area contributed by atoms with E-state index in [4.69, 9.17) is 0 Å². The molecule has 0 spiro atoms. The van der Waals surface area contributed by atoms with Gasteiger partial charge in [-0.05, 0) is 106 Å². The van der Waals surface area contributed by atoms with Gasteiger partial charge in [0.05, 0.1) is 22.7 Å². The van der Waals surface area contributed by atoms with Crippen LogP contribution in [0.3, 0.4) is 0 Å². The zero-order valence-corrected chi connectivity index (χ0v) is 31.5. The van der Waals surface area contributed by atoms with Crippen molar-refractivity contribution in [3.8, 4) is 11.1 Å². The number of aryl methyl sites for hydroxylation is 2. The normalized spacial score (nSPS) is 11.4. The Morgan fingerprint density at radius 1 is 0.250 bits per heavy atom. The molecule has 0 aromatic heterocycles. The SMILES string of the molecule is Cc1ccc(N(c2ccc(-c3ccc(N(c4cccc5ccccc45)c4ccc(C)c5ccccc45)cc3)cc2)c2cccc3ccccc23)c2ccccc12. The summed E-state index contributed by atoms with van der Waals surface area (Å²) in [5.41, 5.74) is 11.8. The van der Waals surface area contributed by atoms with Gasteiger partial charge in [0.2, 0.25) is 0 Å². The molecule has 10 aromatic carbocycles. The van der Waals surface area contributed by atoms with Crippen LogP contribution in [0, 0.1) is 13.8 Å². The van der Waals surface area contributed by atoms with Crippen molar-refractivity contribution in [2.45, 2.75) is 13.8 Å². The third-order valence-corrected chi connectivity index (χ3v) is 11.3. The smallest absolute Gasteiger partial charge is 0.0540 e. The van der Waals surface area contributed by atoms with Gasteiger partial charge < -0.3 is 9.80 Å². The van der Waals surface area contributed by atoms with Crippen molar-refractivity contribution in [1.29, 1.82) is 0 Å². The first-order valence-electron chi connectivity index (χ1n) is 19.4. The lowest BCUT2D eigenvalue weighted by molar-refractivity contribution is 1.30. The number of fused-ring (bicyclic) bond motifs is 4. The Kier molecular flexibility index (Phi) is 8.30. The van der Waals surface area contributed by atoms with Gasteiger partial charge in [0, 0.05) is 32.9 Å². The quantitative estimate of drug-likeness (QED) is 0.162. The van der Waals surface area contributed by atoms with E-state index >= 15 is 0 Å². The molecule has 0 radical (unpaired) electrons. The maximum atomic E-state index is 2.42. The lowest BCUT2D eigenvalue weighted by Gasteiger charge is -2.29. The van der Waals surface area contributed by atoms with Gasteiger partial charge in [0.1, 0.15) is 0 Å². The van der Waals surface area contributed by atoms with E-state index in [2.05, 4.69) is 230 Å². The van der Waals surface area contributed by atoms with Crippen LogP contribution in [-0.4, -0.2) is 0 Å². The van der Waals surface area contributed by atoms with Gasteiger partial charge in [0.15, 0.2) is 0 Å². The van der Waals surface area contributed by atoms with E-state index < -0.39 is 0 Å². The zero-order chi connectivity index (χ0) is 37.6. The molecule has 0 atom stereocenters. The molecule has 10 rings (SSSR count). The molecule has 2 heteroatoms. The van der Waals surface area contributed by atoms with Gasteiger partial charge >= 0.3 is 0 Å². The minimum Gasteiger partial charge on any atom is -0.309 e. The van der Waals surface area contributed by atoms with Crippen molar-refractivity contribution < 1.29 is 0 Å². The van der Waals surface area contributed by atoms with E-state index in [0.29, 0.717) is 0 Å². The highest BCUT2D eigenvalue weighted by Gasteiger charge is 2.20. The summed E-state index contributed by atoms with van der Waals surface area (Å²) >= 11 is 0. The minimum atomic E-state index is 1.11. The fourth-order valence-corrected chi connectivity index (χ4v) is 8.49. The molecule has 0 bridgehead atoms. The van der Waals surface area contributed by atoms with Crippen molar-refractivity contribution in [2.24, 2.45) is 0 Å². The van der Waals surface area contributed by atoms with Gasteiger partial charge in [0.25, 0.3) is 0 Å². The van der Waals surface area contributed by atoms with Gasteiger partial charge in [-0.3, -0.25) is 0 Å². The van der Waals surface area contributed by atoms with Crippen LogP contribution < -0.4 is 9.80 Å². The highest BCUT2D eigenvalue weighted by molar-refractivity contribution is 6.07. The third-order valence-electron chi connectivity index (χ3n) is 11.3. The number of nitrogens with zero attached hydrogens (tertiary/aromatic N) is 2. The van der Waals surface area contributed by atoms with Crippen molar-refractivity contribution in [3.05, 3.63) is 217 Å². The molecule has 10 aromatic rings. The number of benzene rings is 10. The third kappa shape index (κ3) is 5.75. The molecular formula is C54H40N2. The summed E-state index contributed by atoms with van der Waals surface area (Å²) in [5, 5.41) is 9.88. The van der Waals surface area contributed by atoms with E-state index in [1.165, 1.54) is 65.3 Å². The first-order valence-corrected chi connectivity index (χ1v) is 19.4. The molecule has 0 amide bonds. The summed E-state index contributed by atoms with van der Waals surface area (Å²) in [4.78, 5) is 4.84. The highest BCUT2D eigenvalue weighted by Crippen LogP contribution is 2.45. The van der Waals surface area contributed by atoms with Crippen LogP contribution in [-0.2, 0) is 0 Å². The molecule has 0 N–H and O–H groups in total. The van der Waals surface area contributed by atoms with Crippen molar-refractivity contribution in [1.82, 2.24) is 0 Å². The maximum absolute atomic E-state index is 2.42. The van der Waals surface area contributed by atoms with E-state index in [0.717, 1.165) is 34.1 Å². The van der Waals surface area contributed by atoms with Crippen LogP contribution in [0.4, 0.5) is 34.1 Å². The largest absolute Gasteiger partial charge is 0.309 e. The van der Waals surface area contributed by atoms with Gasteiger partial charge in [-0.2, -0.15) is 0 Å². The highest BCUT2D eigenvalue weighted by atomic mass is 15.2. The number of hydrogen-bond donors (Lipinski definition) is 0. The Hall–Kier alpha value is -7.16. The number of rotatable bonds is 7. The summed E-state index contributed by atoms with van der Waals surface area (Å²) < 4.78 is 0. The van der Waals surface area contributed by atoms with E-state index in [1.54, 1.807) is 0 Å². The van der Waals surface area contributed by atoms with Gasteiger partial charge in [-0.25, -0.2) is 0 Å². The predicted molar refractivity (Wildman–Crippen MR) is 241 cm³/mol. The summed E-state index contributed by atoms with van der Waals surface area (Å²) in [6, 6.07) is 75.1. The lowest BCUT2D eigenvalue weighted by Crippen LogP contribution is -2.11. The molecule has 0 unspecified atom stereocenters. The first-order chi connectivity index (χ1) is 27.6. The Balaban J connectivity index is 1.07. The lowest BCUT2D eigenvalue weighted by atomic mass is 9.99. The molecular weight excluding hydrogens is 677 g/mol. The van der Waals surface area contributed by atoms with Gasteiger partial charge in [-0.15, -0.1) is 0 Å². The van der Waals surface area contributed by atoms with E-state index in [1.807, 2.05) is 0 Å². The molecule has 0 aliphatic carbocycles. The molecule has 0 aliphatic rings. The van der Waals surface area contributed by atoms with Gasteiger partial charge in [-0.1, -0.05) is 158 Å². The average Bonchev–Trinajstić information content (AvgIpc) is 3.26. The monoisotopic (exact) mass is 716 g/mol. The van der Waals surface area contributed by atoms with Crippen LogP contribution in [0.1, 0.15) is 11.1 Å². The molecule has 0 fully saturated rings. The zero-order valence-electron chi connectivity index (χ0n) is 31.5. The summed E-state index contributed by atoms with van der Waals surface area (Å²) in [7, 11) is 0. The van der Waals surface area contributed by atoms with E-state index in [-0.39, 0.29) is 0 Å². The minimum absolute atomic E-state index is 1.11. The molecule has 0 heterocycles. The Morgan fingerprint density at radius 2 is 0.571 bits per heavy atom. The molecule has 0 saturated carbocycles. The van der Waals surface area contributed by atoms with Crippen molar-refractivity contribution in [3.63, 3.8) is 0 Å². The second-order valence-corrected chi connectivity index (χ2v) is 14.7. The fraction of sp³-hybridized carbons (Fsp3) is 0.0370. The standard InChI is InChI=1S/C54H40N2/c1-37-25-35-53(49-21-9-7-17-45(37)49)55(51-23-11-15-41-13-3-5-19-47(41)51)43-31-27-39(28-32-43)40-29-33-44(34-30-40)56(52-24-12-16-42-14-4-6-20-48(42)52)54-36-26-38(2)46-18-8-10-22-50(46)54/h3-36H,1-2H3. The maximum Gasteiger partial charge on any atom is 0.0540 e. The molecule has 2 nitrogen and oxygen atoms in total. The molecule has 56 heavy (non-hydrogen) atoms. The first kappa shape index (κ1) is 33.4. The van der Waals surface area contributed by atoms with Crippen LogP contribution in [0.2, 0.25) is 0 Å². The van der Waals surface area contributed by atoms with Crippen molar-refractivity contribution >= 4 is 77.2 Å². The number of anilines is 6. The summed E-state index contributed by atoms with van der Waals surface area (Å²) in [5.74, 6) is 0. The molecule has 0 aliphatic heterocycles. The predicted octanol–water partition coefficient (Wildman–Crippen LogP) is 15.5. The second-order valence-electron chi connectivity index (χ2n) is 14.7. The summed E-state index contributed by atoms with van der Waals surface area (Å²) in [6.07, 6.45) is 0. The Bertz CT molecular complexity index is 2830. The Labute approximate surface area is 328 Å². The molecule has 266 valence electrons. The molecule has 0 saturated heterocycles. The fourth-order valence-electron chi connectivity index (χ4n) is 8.49. The number of hydrogen-bond acceptors (Lipinski definition) is 2. The van der Waals surface area contributed by atoms with Crippen LogP contribution in [0.5, 0.6) is 0 Å². The second kappa shape index (κ2) is 13.9. The van der Waals surface area contributed by atoms with Crippen LogP contribution in [0.15, 0.2) is 206 Å². The van der Waals surface area contributed by atoms with Crippen molar-refractivity contribution in [2.75, 3.05) is 9.80 Å². The topological polar surface area (TPSA) is 6.48 Å². The summed E-state index contributed by atoms with van der Waals surface area (Å²) in [6.45, 7) is 4.39. The average molecular weight is 717 g/mol. The Morgan fingerprint density at radius 3 is 0.982 bits per heavy atom. The van der Waals surface area contributed by atoms with Crippen LogP contribution in [0.25, 0.3) is 54.2 Å². The van der Waals surface area contributed by atoms with E-state index in [9.17, 15) is 0 Å². The van der Waals surface area contributed by atoms with Crippen LogP contribution >= 0.6 is 0 Å².